The van der Waals surface area contributed by atoms with Gasteiger partial charge in [-0.05, 0) is 24.8 Å². The summed E-state index contributed by atoms with van der Waals surface area (Å²) in [7, 11) is 0. The maximum atomic E-state index is 10.9. The topological polar surface area (TPSA) is 93.2 Å². The SMILES string of the molecule is CC1CCCCCC1Nc1cc(NN)cc([N+](=O)[O-])c1. The summed E-state index contributed by atoms with van der Waals surface area (Å²) in [6.45, 7) is 2.24. The third-order valence-corrected chi connectivity index (χ3v) is 4.01. The Kier molecular flexibility index (Phi) is 4.79. The van der Waals surface area contributed by atoms with E-state index in [-0.39, 0.29) is 5.69 Å². The normalized spacial score (nSPS) is 22.9. The maximum absolute atomic E-state index is 10.9. The van der Waals surface area contributed by atoms with Gasteiger partial charge in [0.25, 0.3) is 5.69 Å². The van der Waals surface area contributed by atoms with Crippen molar-refractivity contribution in [1.82, 2.24) is 0 Å². The van der Waals surface area contributed by atoms with Crippen LogP contribution in [0, 0.1) is 16.0 Å². The average Bonchev–Trinajstić information content (AvgIpc) is 2.64. The van der Waals surface area contributed by atoms with Crippen molar-refractivity contribution in [2.24, 2.45) is 11.8 Å². The van der Waals surface area contributed by atoms with E-state index in [4.69, 9.17) is 5.84 Å². The molecule has 0 bridgehead atoms. The highest BCUT2D eigenvalue weighted by Gasteiger charge is 2.20. The first-order valence-electron chi connectivity index (χ1n) is 7.13. The van der Waals surface area contributed by atoms with Crippen molar-refractivity contribution in [3.8, 4) is 0 Å². The van der Waals surface area contributed by atoms with Gasteiger partial charge in [-0.1, -0.05) is 26.2 Å². The number of anilines is 2. The van der Waals surface area contributed by atoms with Crippen LogP contribution in [0.2, 0.25) is 0 Å². The quantitative estimate of drug-likeness (QED) is 0.340. The molecule has 20 heavy (non-hydrogen) atoms. The van der Waals surface area contributed by atoms with Crippen molar-refractivity contribution in [1.29, 1.82) is 0 Å². The second-order valence-corrected chi connectivity index (χ2v) is 5.54. The van der Waals surface area contributed by atoms with E-state index in [1.807, 2.05) is 6.07 Å². The van der Waals surface area contributed by atoms with Gasteiger partial charge in [-0.3, -0.25) is 16.0 Å². The van der Waals surface area contributed by atoms with Crippen LogP contribution in [0.4, 0.5) is 17.1 Å². The van der Waals surface area contributed by atoms with Crippen molar-refractivity contribution >= 4 is 17.1 Å². The molecule has 4 N–H and O–H groups in total. The van der Waals surface area contributed by atoms with Gasteiger partial charge < -0.3 is 10.7 Å². The maximum Gasteiger partial charge on any atom is 0.273 e. The number of hydrogen-bond donors (Lipinski definition) is 3. The van der Waals surface area contributed by atoms with Crippen molar-refractivity contribution in [2.75, 3.05) is 10.7 Å². The van der Waals surface area contributed by atoms with Crippen LogP contribution >= 0.6 is 0 Å². The zero-order valence-corrected chi connectivity index (χ0v) is 11.8. The van der Waals surface area contributed by atoms with E-state index in [0.29, 0.717) is 17.6 Å². The van der Waals surface area contributed by atoms with Crippen LogP contribution in [0.25, 0.3) is 0 Å². The molecular weight excluding hydrogens is 256 g/mol. The van der Waals surface area contributed by atoms with Gasteiger partial charge in [-0.15, -0.1) is 0 Å². The number of nitrogens with zero attached hydrogens (tertiary/aromatic N) is 1. The van der Waals surface area contributed by atoms with Crippen LogP contribution in [0.5, 0.6) is 0 Å². The molecule has 0 aromatic heterocycles. The zero-order valence-electron chi connectivity index (χ0n) is 11.8. The van der Waals surface area contributed by atoms with Gasteiger partial charge in [0.2, 0.25) is 0 Å². The van der Waals surface area contributed by atoms with Crippen molar-refractivity contribution in [2.45, 2.75) is 45.1 Å². The molecule has 0 radical (unpaired) electrons. The molecule has 2 rings (SSSR count). The Balaban J connectivity index is 2.18. The van der Waals surface area contributed by atoms with Gasteiger partial charge in [0, 0.05) is 23.9 Å². The molecule has 6 nitrogen and oxygen atoms in total. The third-order valence-electron chi connectivity index (χ3n) is 4.01. The highest BCUT2D eigenvalue weighted by atomic mass is 16.6. The van der Waals surface area contributed by atoms with Crippen LogP contribution in [0.3, 0.4) is 0 Å². The second-order valence-electron chi connectivity index (χ2n) is 5.54. The fraction of sp³-hybridized carbons (Fsp3) is 0.571. The Morgan fingerprint density at radius 3 is 2.60 bits per heavy atom. The molecule has 1 aliphatic rings. The molecular formula is C14H22N4O2. The summed E-state index contributed by atoms with van der Waals surface area (Å²) in [5.74, 6) is 5.95. The molecule has 0 spiro atoms. The van der Waals surface area contributed by atoms with E-state index in [1.165, 1.54) is 31.7 Å². The van der Waals surface area contributed by atoms with Crippen molar-refractivity contribution in [3.63, 3.8) is 0 Å². The average molecular weight is 278 g/mol. The third kappa shape index (κ3) is 3.60. The predicted octanol–water partition coefficient (Wildman–Crippen LogP) is 3.26. The number of rotatable bonds is 4. The lowest BCUT2D eigenvalue weighted by atomic mass is 9.96. The smallest absolute Gasteiger partial charge is 0.273 e. The summed E-state index contributed by atoms with van der Waals surface area (Å²) in [4.78, 5) is 10.5. The number of hydrazine groups is 1. The molecule has 0 heterocycles. The molecule has 0 amide bonds. The van der Waals surface area contributed by atoms with Gasteiger partial charge in [0.05, 0.1) is 10.6 Å². The Morgan fingerprint density at radius 2 is 1.90 bits per heavy atom. The van der Waals surface area contributed by atoms with Crippen LogP contribution < -0.4 is 16.6 Å². The minimum absolute atomic E-state index is 0.0456. The van der Waals surface area contributed by atoms with E-state index >= 15 is 0 Å². The summed E-state index contributed by atoms with van der Waals surface area (Å²) >= 11 is 0. The fourth-order valence-electron chi connectivity index (χ4n) is 2.80. The first kappa shape index (κ1) is 14.6. The van der Waals surface area contributed by atoms with Gasteiger partial charge in [-0.25, -0.2) is 0 Å². The molecule has 2 atom stereocenters. The van der Waals surface area contributed by atoms with Crippen LogP contribution in [-0.4, -0.2) is 11.0 Å². The first-order chi connectivity index (χ1) is 9.60. The molecule has 0 saturated heterocycles. The molecule has 0 aliphatic heterocycles. The van der Waals surface area contributed by atoms with Gasteiger partial charge >= 0.3 is 0 Å². The fourth-order valence-corrected chi connectivity index (χ4v) is 2.80. The number of nitrogen functional groups attached to an aromatic ring is 1. The summed E-state index contributed by atoms with van der Waals surface area (Å²) in [6.07, 6.45) is 6.06. The van der Waals surface area contributed by atoms with E-state index < -0.39 is 4.92 Å². The molecule has 2 unspecified atom stereocenters. The number of nitrogens with one attached hydrogen (secondary N) is 2. The summed E-state index contributed by atoms with van der Waals surface area (Å²) in [5, 5.41) is 14.4. The van der Waals surface area contributed by atoms with Crippen LogP contribution in [-0.2, 0) is 0 Å². The number of benzene rings is 1. The van der Waals surface area contributed by atoms with Crippen LogP contribution in [0.15, 0.2) is 18.2 Å². The number of nitro groups is 1. The molecule has 6 heteroatoms. The molecule has 1 aromatic rings. The van der Waals surface area contributed by atoms with Gasteiger partial charge in [-0.2, -0.15) is 0 Å². The standard InChI is InChI=1S/C14H22N4O2/c1-10-5-3-2-4-6-14(10)16-11-7-12(17-15)9-13(8-11)18(19)20/h7-10,14,16-17H,2-6,15H2,1H3. The summed E-state index contributed by atoms with van der Waals surface area (Å²) in [5.41, 5.74) is 3.82. The van der Waals surface area contributed by atoms with Gasteiger partial charge in [0.1, 0.15) is 0 Å². The zero-order chi connectivity index (χ0) is 14.5. The minimum Gasteiger partial charge on any atom is -0.382 e. The Labute approximate surface area is 118 Å². The monoisotopic (exact) mass is 278 g/mol. The van der Waals surface area contributed by atoms with E-state index in [1.54, 1.807) is 6.07 Å². The van der Waals surface area contributed by atoms with Crippen LogP contribution in [0.1, 0.15) is 39.0 Å². The lowest BCUT2D eigenvalue weighted by molar-refractivity contribution is -0.384. The summed E-state index contributed by atoms with van der Waals surface area (Å²) < 4.78 is 0. The lowest BCUT2D eigenvalue weighted by Gasteiger charge is -2.24. The largest absolute Gasteiger partial charge is 0.382 e. The molecule has 1 fully saturated rings. The molecule has 110 valence electrons. The number of non-ortho nitro benzene ring substituents is 1. The van der Waals surface area contributed by atoms with Gasteiger partial charge in [0.15, 0.2) is 0 Å². The molecule has 1 aromatic carbocycles. The Hall–Kier alpha value is -1.82. The summed E-state index contributed by atoms with van der Waals surface area (Å²) in [6, 6.07) is 5.18. The second kappa shape index (κ2) is 6.56. The predicted molar refractivity (Wildman–Crippen MR) is 80.6 cm³/mol. The van der Waals surface area contributed by atoms with E-state index in [2.05, 4.69) is 17.7 Å². The number of nitro benzene ring substituents is 1. The number of hydrogen-bond acceptors (Lipinski definition) is 5. The lowest BCUT2D eigenvalue weighted by Crippen LogP contribution is -2.26. The Bertz CT molecular complexity index is 478. The minimum atomic E-state index is -0.400. The highest BCUT2D eigenvalue weighted by molar-refractivity contribution is 5.63. The molecule has 1 aliphatic carbocycles. The molecule has 1 saturated carbocycles. The Morgan fingerprint density at radius 1 is 1.20 bits per heavy atom. The van der Waals surface area contributed by atoms with Crippen molar-refractivity contribution < 1.29 is 4.92 Å². The highest BCUT2D eigenvalue weighted by Crippen LogP contribution is 2.29. The first-order valence-corrected chi connectivity index (χ1v) is 7.13. The van der Waals surface area contributed by atoms with E-state index in [9.17, 15) is 10.1 Å². The van der Waals surface area contributed by atoms with E-state index in [0.717, 1.165) is 12.1 Å². The number of nitrogens with two attached hydrogens (primary N) is 1. The van der Waals surface area contributed by atoms with Crippen molar-refractivity contribution in [3.05, 3.63) is 28.3 Å².